The average Bonchev–Trinajstić information content (AvgIpc) is 2.30. The van der Waals surface area contributed by atoms with Gasteiger partial charge in [-0.15, -0.1) is 0 Å². The fourth-order valence-corrected chi connectivity index (χ4v) is 1.78. The summed E-state index contributed by atoms with van der Waals surface area (Å²) in [5, 5.41) is 11.7. The van der Waals surface area contributed by atoms with Gasteiger partial charge in [-0.25, -0.2) is 4.79 Å². The third-order valence-corrected chi connectivity index (χ3v) is 3.28. The molecule has 0 spiro atoms. The molecule has 5 heteroatoms. The molecule has 0 bridgehead atoms. The van der Waals surface area contributed by atoms with Crippen LogP contribution in [0.2, 0.25) is 0 Å². The van der Waals surface area contributed by atoms with Crippen LogP contribution in [0.25, 0.3) is 0 Å². The smallest absolute Gasteiger partial charge is 0.331 e. The number of nitrogens with one attached hydrogen (secondary N) is 1. The van der Waals surface area contributed by atoms with Gasteiger partial charge in [0, 0.05) is 17.2 Å². The quantitative estimate of drug-likeness (QED) is 0.709. The summed E-state index contributed by atoms with van der Waals surface area (Å²) >= 11 is 0. The first-order chi connectivity index (χ1) is 7.91. The minimum Gasteiger partial charge on any atom is -0.478 e. The van der Waals surface area contributed by atoms with Crippen molar-refractivity contribution in [2.45, 2.75) is 32.7 Å². The molecule has 1 heterocycles. The van der Waals surface area contributed by atoms with E-state index in [0.717, 1.165) is 25.9 Å². The second-order valence-corrected chi connectivity index (χ2v) is 4.61. The van der Waals surface area contributed by atoms with Crippen LogP contribution in [0.4, 0.5) is 0 Å². The summed E-state index contributed by atoms with van der Waals surface area (Å²) in [6, 6.07) is 0.162. The highest BCUT2D eigenvalue weighted by atomic mass is 16.4. The number of carboxylic acid groups (broad SMARTS) is 1. The maximum absolute atomic E-state index is 11.8. The number of amides is 1. The first-order valence-corrected chi connectivity index (χ1v) is 5.82. The Labute approximate surface area is 101 Å². The molecule has 5 nitrogen and oxygen atoms in total. The SMILES string of the molecule is C/C(C(=O)O)=C(\C)C(=O)NC1CCN(C)CC1. The topological polar surface area (TPSA) is 69.6 Å². The van der Waals surface area contributed by atoms with Gasteiger partial charge in [0.1, 0.15) is 0 Å². The van der Waals surface area contributed by atoms with Gasteiger partial charge in [0.25, 0.3) is 0 Å². The Hall–Kier alpha value is -1.36. The second-order valence-electron chi connectivity index (χ2n) is 4.61. The Morgan fingerprint density at radius 3 is 2.18 bits per heavy atom. The number of nitrogens with zero attached hydrogens (tertiary/aromatic N) is 1. The van der Waals surface area contributed by atoms with Gasteiger partial charge in [-0.05, 0) is 46.8 Å². The van der Waals surface area contributed by atoms with Crippen LogP contribution in [0.15, 0.2) is 11.1 Å². The molecule has 1 saturated heterocycles. The summed E-state index contributed by atoms with van der Waals surface area (Å²) in [7, 11) is 2.05. The lowest BCUT2D eigenvalue weighted by Gasteiger charge is -2.29. The van der Waals surface area contributed by atoms with Crippen LogP contribution in [-0.4, -0.2) is 48.1 Å². The molecule has 17 heavy (non-hydrogen) atoms. The number of piperidine rings is 1. The van der Waals surface area contributed by atoms with Crippen molar-refractivity contribution < 1.29 is 14.7 Å². The molecule has 1 fully saturated rings. The van der Waals surface area contributed by atoms with Crippen molar-refractivity contribution >= 4 is 11.9 Å². The predicted octanol–water partition coefficient (Wildman–Crippen LogP) is 0.618. The Bertz CT molecular complexity index is 342. The number of aliphatic carboxylic acids is 1. The molecular weight excluding hydrogens is 220 g/mol. The van der Waals surface area contributed by atoms with Crippen LogP contribution in [0.5, 0.6) is 0 Å². The van der Waals surface area contributed by atoms with E-state index in [1.165, 1.54) is 6.92 Å². The van der Waals surface area contributed by atoms with Gasteiger partial charge in [0.2, 0.25) is 5.91 Å². The predicted molar refractivity (Wildman–Crippen MR) is 64.7 cm³/mol. The van der Waals surface area contributed by atoms with E-state index in [0.29, 0.717) is 0 Å². The molecule has 0 saturated carbocycles. The van der Waals surface area contributed by atoms with E-state index >= 15 is 0 Å². The number of carbonyl (C=O) groups is 2. The molecule has 0 aromatic heterocycles. The molecule has 0 aromatic carbocycles. The van der Waals surface area contributed by atoms with E-state index in [1.807, 2.05) is 0 Å². The molecule has 0 aromatic rings. The monoisotopic (exact) mass is 240 g/mol. The largest absolute Gasteiger partial charge is 0.478 e. The number of carboxylic acids is 1. The second kappa shape index (κ2) is 5.82. The summed E-state index contributed by atoms with van der Waals surface area (Å²) in [4.78, 5) is 24.7. The zero-order valence-corrected chi connectivity index (χ0v) is 10.6. The van der Waals surface area contributed by atoms with Gasteiger partial charge in [0.05, 0.1) is 0 Å². The zero-order valence-electron chi connectivity index (χ0n) is 10.6. The maximum Gasteiger partial charge on any atom is 0.331 e. The first-order valence-electron chi connectivity index (χ1n) is 5.82. The van der Waals surface area contributed by atoms with Crippen LogP contribution in [-0.2, 0) is 9.59 Å². The molecule has 0 unspecified atom stereocenters. The fourth-order valence-electron chi connectivity index (χ4n) is 1.78. The Morgan fingerprint density at radius 2 is 1.71 bits per heavy atom. The molecule has 0 aliphatic carbocycles. The van der Waals surface area contributed by atoms with Gasteiger partial charge >= 0.3 is 5.97 Å². The zero-order chi connectivity index (χ0) is 13.0. The van der Waals surface area contributed by atoms with Crippen LogP contribution in [0.1, 0.15) is 26.7 Å². The highest BCUT2D eigenvalue weighted by molar-refractivity contribution is 6.01. The van der Waals surface area contributed by atoms with Crippen molar-refractivity contribution in [2.24, 2.45) is 0 Å². The van der Waals surface area contributed by atoms with Crippen molar-refractivity contribution in [2.75, 3.05) is 20.1 Å². The van der Waals surface area contributed by atoms with Crippen LogP contribution >= 0.6 is 0 Å². The number of likely N-dealkylation sites (tertiary alicyclic amines) is 1. The number of hydrogen-bond acceptors (Lipinski definition) is 3. The van der Waals surface area contributed by atoms with Crippen molar-refractivity contribution in [1.82, 2.24) is 10.2 Å². The Balaban J connectivity index is 2.55. The molecule has 1 aliphatic heterocycles. The summed E-state index contributed by atoms with van der Waals surface area (Å²) in [6.07, 6.45) is 1.84. The van der Waals surface area contributed by atoms with Crippen LogP contribution in [0.3, 0.4) is 0 Å². The van der Waals surface area contributed by atoms with E-state index in [1.54, 1.807) is 6.92 Å². The minimum absolute atomic E-state index is 0.107. The van der Waals surface area contributed by atoms with Crippen molar-refractivity contribution in [1.29, 1.82) is 0 Å². The summed E-state index contributed by atoms with van der Waals surface area (Å²) in [6.45, 7) is 4.93. The lowest BCUT2D eigenvalue weighted by Crippen LogP contribution is -2.43. The number of hydrogen-bond donors (Lipinski definition) is 2. The first kappa shape index (κ1) is 13.7. The Morgan fingerprint density at radius 1 is 1.18 bits per heavy atom. The highest BCUT2D eigenvalue weighted by Crippen LogP contribution is 2.10. The van der Waals surface area contributed by atoms with E-state index in [-0.39, 0.29) is 23.1 Å². The van der Waals surface area contributed by atoms with Crippen molar-refractivity contribution in [3.63, 3.8) is 0 Å². The maximum atomic E-state index is 11.8. The van der Waals surface area contributed by atoms with Gasteiger partial charge < -0.3 is 15.3 Å². The minimum atomic E-state index is -1.04. The molecule has 96 valence electrons. The third kappa shape index (κ3) is 3.85. The summed E-state index contributed by atoms with van der Waals surface area (Å²) in [5.41, 5.74) is 0.395. The van der Waals surface area contributed by atoms with E-state index in [9.17, 15) is 9.59 Å². The molecule has 1 aliphatic rings. The molecule has 1 rings (SSSR count). The number of carbonyl (C=O) groups excluding carboxylic acids is 1. The van der Waals surface area contributed by atoms with Gasteiger partial charge in [-0.2, -0.15) is 0 Å². The highest BCUT2D eigenvalue weighted by Gasteiger charge is 2.20. The molecule has 2 N–H and O–H groups in total. The fraction of sp³-hybridized carbons (Fsp3) is 0.667. The van der Waals surface area contributed by atoms with Gasteiger partial charge in [-0.3, -0.25) is 4.79 Å². The number of rotatable bonds is 3. The summed E-state index contributed by atoms with van der Waals surface area (Å²) in [5.74, 6) is -1.31. The molecule has 0 radical (unpaired) electrons. The van der Waals surface area contributed by atoms with E-state index < -0.39 is 5.97 Å². The normalized spacial score (nSPS) is 19.7. The lowest BCUT2D eigenvalue weighted by molar-refractivity contribution is -0.133. The molecule has 0 atom stereocenters. The van der Waals surface area contributed by atoms with Gasteiger partial charge in [-0.1, -0.05) is 0 Å². The van der Waals surface area contributed by atoms with Gasteiger partial charge in [0.15, 0.2) is 0 Å². The van der Waals surface area contributed by atoms with Crippen LogP contribution in [0, 0.1) is 0 Å². The van der Waals surface area contributed by atoms with Crippen molar-refractivity contribution in [3.8, 4) is 0 Å². The third-order valence-electron chi connectivity index (χ3n) is 3.28. The van der Waals surface area contributed by atoms with E-state index in [2.05, 4.69) is 17.3 Å². The van der Waals surface area contributed by atoms with Crippen LogP contribution < -0.4 is 5.32 Å². The molecular formula is C12H20N2O3. The standard InChI is InChI=1S/C12H20N2O3/c1-8(9(2)12(16)17)11(15)13-10-4-6-14(3)7-5-10/h10H,4-7H2,1-3H3,(H,13,15)(H,16,17)/b9-8-. The lowest BCUT2D eigenvalue weighted by atomic mass is 10.0. The van der Waals surface area contributed by atoms with Crippen molar-refractivity contribution in [3.05, 3.63) is 11.1 Å². The Kier molecular flexibility index (Phi) is 4.69. The van der Waals surface area contributed by atoms with E-state index in [4.69, 9.17) is 5.11 Å². The molecule has 1 amide bonds. The average molecular weight is 240 g/mol. The summed E-state index contributed by atoms with van der Waals surface area (Å²) < 4.78 is 0.